The van der Waals surface area contributed by atoms with Gasteiger partial charge in [-0.2, -0.15) is 16.1 Å². The Bertz CT molecular complexity index is 616. The van der Waals surface area contributed by atoms with Crippen molar-refractivity contribution in [2.24, 2.45) is 0 Å². The zero-order chi connectivity index (χ0) is 15.2. The number of sulfonamides is 1. The van der Waals surface area contributed by atoms with Gasteiger partial charge in [0.1, 0.15) is 11.6 Å². The van der Waals surface area contributed by atoms with E-state index in [1.165, 1.54) is 10.4 Å². The van der Waals surface area contributed by atoms with Gasteiger partial charge >= 0.3 is 0 Å². The van der Waals surface area contributed by atoms with Gasteiger partial charge in [-0.25, -0.2) is 17.2 Å². The van der Waals surface area contributed by atoms with Crippen LogP contribution in [0.1, 0.15) is 25.7 Å². The maximum atomic E-state index is 13.9. The van der Waals surface area contributed by atoms with E-state index in [0.717, 1.165) is 37.8 Å². The summed E-state index contributed by atoms with van der Waals surface area (Å²) in [6.07, 6.45) is 5.08. The van der Waals surface area contributed by atoms with E-state index in [-0.39, 0.29) is 12.1 Å². The van der Waals surface area contributed by atoms with Crippen molar-refractivity contribution in [3.05, 3.63) is 29.8 Å². The molecule has 2 saturated heterocycles. The van der Waals surface area contributed by atoms with Gasteiger partial charge in [-0.05, 0) is 44.1 Å². The molecule has 0 radical (unpaired) electrons. The normalized spacial score (nSPS) is 29.8. The maximum Gasteiger partial charge on any atom is 0.249 e. The summed E-state index contributed by atoms with van der Waals surface area (Å²) in [6.45, 7) is 0. The van der Waals surface area contributed by atoms with Crippen LogP contribution < -0.4 is 0 Å². The Labute approximate surface area is 127 Å². The highest BCUT2D eigenvalue weighted by Gasteiger charge is 2.48. The molecule has 2 heterocycles. The van der Waals surface area contributed by atoms with E-state index >= 15 is 0 Å². The monoisotopic (exact) mass is 333 g/mol. The van der Waals surface area contributed by atoms with Gasteiger partial charge in [-0.1, -0.05) is 6.07 Å². The van der Waals surface area contributed by atoms with Crippen LogP contribution in [0.3, 0.4) is 0 Å². The summed E-state index contributed by atoms with van der Waals surface area (Å²) in [5.74, 6) is -2.03. The molecule has 2 fully saturated rings. The molecule has 3 nitrogen and oxygen atoms in total. The summed E-state index contributed by atoms with van der Waals surface area (Å²) in [6, 6.07) is 2.90. The van der Waals surface area contributed by atoms with Gasteiger partial charge in [0.05, 0.1) is 0 Å². The van der Waals surface area contributed by atoms with Gasteiger partial charge in [0.15, 0.2) is 4.90 Å². The van der Waals surface area contributed by atoms with Crippen molar-refractivity contribution in [1.82, 2.24) is 4.31 Å². The third-order valence-electron chi connectivity index (χ3n) is 4.41. The van der Waals surface area contributed by atoms with Crippen LogP contribution in [-0.2, 0) is 10.0 Å². The molecule has 2 atom stereocenters. The predicted octanol–water partition coefficient (Wildman–Crippen LogP) is 3.01. The van der Waals surface area contributed by atoms with Crippen LogP contribution in [0.4, 0.5) is 8.78 Å². The summed E-state index contributed by atoms with van der Waals surface area (Å²) < 4.78 is 54.5. The summed E-state index contributed by atoms with van der Waals surface area (Å²) in [5, 5.41) is 0.430. The number of halogens is 2. The van der Waals surface area contributed by atoms with Gasteiger partial charge < -0.3 is 0 Å². The highest BCUT2D eigenvalue weighted by atomic mass is 32.2. The molecule has 2 bridgehead atoms. The van der Waals surface area contributed by atoms with Crippen molar-refractivity contribution in [2.45, 2.75) is 47.9 Å². The maximum absolute atomic E-state index is 13.9. The average Bonchev–Trinajstić information content (AvgIpc) is 2.70. The summed E-state index contributed by atoms with van der Waals surface area (Å²) in [7, 11) is -4.12. The predicted molar refractivity (Wildman–Crippen MR) is 78.7 cm³/mol. The van der Waals surface area contributed by atoms with E-state index in [1.54, 1.807) is 11.8 Å². The number of piperidine rings is 1. The van der Waals surface area contributed by atoms with Gasteiger partial charge in [-0.3, -0.25) is 0 Å². The lowest BCUT2D eigenvalue weighted by molar-refractivity contribution is 0.251. The molecule has 3 rings (SSSR count). The fraction of sp³-hybridized carbons (Fsp3) is 0.571. The lowest BCUT2D eigenvalue weighted by Gasteiger charge is -2.37. The van der Waals surface area contributed by atoms with E-state index in [4.69, 9.17) is 0 Å². The molecule has 0 N–H and O–H groups in total. The third-order valence-corrected chi connectivity index (χ3v) is 7.52. The fourth-order valence-corrected chi connectivity index (χ4v) is 6.34. The zero-order valence-corrected chi connectivity index (χ0v) is 13.3. The smallest absolute Gasteiger partial charge is 0.207 e. The topological polar surface area (TPSA) is 37.4 Å². The first-order valence-electron chi connectivity index (χ1n) is 6.95. The minimum atomic E-state index is -4.12. The second-order valence-electron chi connectivity index (χ2n) is 5.60. The number of fused-ring (bicyclic) bond motifs is 2. The first-order valence-corrected chi connectivity index (χ1v) is 9.68. The van der Waals surface area contributed by atoms with Gasteiger partial charge in [0.25, 0.3) is 0 Å². The van der Waals surface area contributed by atoms with Crippen LogP contribution in [0.5, 0.6) is 0 Å². The second kappa shape index (κ2) is 5.52. The standard InChI is InChI=1S/C14H17F2NO2S2/c1-20-11-7-9-5-6-10(8-11)17(9)21(18,19)14-12(15)3-2-4-13(14)16/h2-4,9-11H,5-8H2,1H3. The van der Waals surface area contributed by atoms with E-state index < -0.39 is 26.6 Å². The molecule has 1 aromatic carbocycles. The first-order chi connectivity index (χ1) is 9.95. The molecule has 2 unspecified atom stereocenters. The molecule has 7 heteroatoms. The summed E-state index contributed by atoms with van der Waals surface area (Å²) >= 11 is 1.74. The molecule has 0 aliphatic carbocycles. The van der Waals surface area contributed by atoms with E-state index in [1.807, 2.05) is 6.26 Å². The molecule has 1 aromatic rings. The Morgan fingerprint density at radius 2 is 1.67 bits per heavy atom. The number of benzene rings is 1. The Kier molecular flexibility index (Phi) is 4.00. The lowest BCUT2D eigenvalue weighted by Crippen LogP contribution is -2.47. The molecule has 0 amide bonds. The van der Waals surface area contributed by atoms with E-state index in [9.17, 15) is 17.2 Å². The highest BCUT2D eigenvalue weighted by molar-refractivity contribution is 7.99. The Morgan fingerprint density at radius 1 is 1.14 bits per heavy atom. The quantitative estimate of drug-likeness (QED) is 0.853. The summed E-state index contributed by atoms with van der Waals surface area (Å²) in [4.78, 5) is -0.801. The van der Waals surface area contributed by atoms with Crippen molar-refractivity contribution in [2.75, 3.05) is 6.26 Å². The number of nitrogens with zero attached hydrogens (tertiary/aromatic N) is 1. The van der Waals surface area contributed by atoms with Crippen LogP contribution >= 0.6 is 11.8 Å². The first kappa shape index (κ1) is 15.2. The van der Waals surface area contributed by atoms with Crippen molar-refractivity contribution in [3.63, 3.8) is 0 Å². The van der Waals surface area contributed by atoms with Gasteiger partial charge in [0, 0.05) is 17.3 Å². The summed E-state index contributed by atoms with van der Waals surface area (Å²) in [5.41, 5.74) is 0. The number of hydrogen-bond donors (Lipinski definition) is 0. The Hall–Kier alpha value is -0.660. The number of rotatable bonds is 3. The lowest BCUT2D eigenvalue weighted by atomic mass is 10.1. The molecule has 116 valence electrons. The second-order valence-corrected chi connectivity index (χ2v) is 8.52. The average molecular weight is 333 g/mol. The third kappa shape index (κ3) is 2.49. The SMILES string of the molecule is CSC1CC2CCC(C1)N2S(=O)(=O)c1c(F)cccc1F. The Balaban J connectivity index is 2.01. The molecule has 2 aliphatic heterocycles. The molecular formula is C14H17F2NO2S2. The van der Waals surface area contributed by atoms with Gasteiger partial charge in [0.2, 0.25) is 10.0 Å². The Morgan fingerprint density at radius 3 is 2.14 bits per heavy atom. The molecule has 0 aromatic heterocycles. The largest absolute Gasteiger partial charge is 0.249 e. The zero-order valence-electron chi connectivity index (χ0n) is 11.6. The molecule has 0 spiro atoms. The highest BCUT2D eigenvalue weighted by Crippen LogP contribution is 2.43. The van der Waals surface area contributed by atoms with Crippen molar-refractivity contribution in [1.29, 1.82) is 0 Å². The van der Waals surface area contributed by atoms with Crippen LogP contribution in [0, 0.1) is 11.6 Å². The molecule has 21 heavy (non-hydrogen) atoms. The molecule has 2 aliphatic rings. The minimum absolute atomic E-state index is 0.134. The number of thioether (sulfide) groups is 1. The minimum Gasteiger partial charge on any atom is -0.207 e. The van der Waals surface area contributed by atoms with Crippen LogP contribution in [0.25, 0.3) is 0 Å². The van der Waals surface area contributed by atoms with Gasteiger partial charge in [-0.15, -0.1) is 0 Å². The van der Waals surface area contributed by atoms with Crippen molar-refractivity contribution >= 4 is 21.8 Å². The van der Waals surface area contributed by atoms with Crippen molar-refractivity contribution in [3.8, 4) is 0 Å². The van der Waals surface area contributed by atoms with Crippen LogP contribution in [0.2, 0.25) is 0 Å². The fourth-order valence-electron chi connectivity index (χ4n) is 3.50. The number of hydrogen-bond acceptors (Lipinski definition) is 3. The van der Waals surface area contributed by atoms with Crippen LogP contribution in [0.15, 0.2) is 23.1 Å². The van der Waals surface area contributed by atoms with E-state index in [2.05, 4.69) is 0 Å². The van der Waals surface area contributed by atoms with Crippen molar-refractivity contribution < 1.29 is 17.2 Å². The van der Waals surface area contributed by atoms with Crippen LogP contribution in [-0.4, -0.2) is 36.3 Å². The molecule has 0 saturated carbocycles. The van der Waals surface area contributed by atoms with E-state index in [0.29, 0.717) is 5.25 Å². The molecular weight excluding hydrogens is 316 g/mol.